The molecule has 5 rings (SSSR count). The first kappa shape index (κ1) is 33.6. The molecular formula is C34H38F3N5O5. The van der Waals surface area contributed by atoms with Crippen molar-refractivity contribution in [2.75, 3.05) is 38.5 Å². The topological polar surface area (TPSA) is 120 Å². The fraction of sp³-hybridized carbons (Fsp3) is 0.412. The normalized spacial score (nSPS) is 16.2. The molecule has 2 aliphatic rings. The second kappa shape index (κ2) is 13.9. The van der Waals surface area contributed by atoms with Gasteiger partial charge < -0.3 is 29.7 Å². The van der Waals surface area contributed by atoms with E-state index in [9.17, 15) is 22.8 Å². The zero-order chi connectivity index (χ0) is 33.8. The highest BCUT2D eigenvalue weighted by molar-refractivity contribution is 5.95. The summed E-state index contributed by atoms with van der Waals surface area (Å²) in [5.41, 5.74) is 6.57. The van der Waals surface area contributed by atoms with Crippen LogP contribution in [0.4, 0.5) is 23.7 Å². The van der Waals surface area contributed by atoms with Gasteiger partial charge in [-0.1, -0.05) is 24.3 Å². The average molecular weight is 654 g/mol. The summed E-state index contributed by atoms with van der Waals surface area (Å²) in [5, 5.41) is 6.66. The molecule has 0 radical (unpaired) electrons. The molecule has 3 heterocycles. The van der Waals surface area contributed by atoms with Crippen molar-refractivity contribution in [2.45, 2.75) is 51.3 Å². The van der Waals surface area contributed by atoms with Crippen molar-refractivity contribution in [1.29, 1.82) is 0 Å². The molecule has 2 aliphatic heterocycles. The standard InChI is InChI=1S/C34H38F3N5O5/c1-33(2,3)47-32(44)42-20-22(21-42)5-4-18-45-28-11-8-25(19-27(28)38)31(43)41-16-14-24(15-17-41)23-6-9-26(10-7-23)46-30-13-12-29(39-40-30)34(35,36)37/h4-13,19,22,24H,14-18,20-21,38H2,1-3H3/b5-4+. The number of nitrogens with zero attached hydrogens (tertiary/aromatic N) is 4. The van der Waals surface area contributed by atoms with Crippen molar-refractivity contribution in [2.24, 2.45) is 5.92 Å². The third-order valence-electron chi connectivity index (χ3n) is 7.85. The molecule has 2 amide bonds. The van der Waals surface area contributed by atoms with Crippen LogP contribution in [0, 0.1) is 5.92 Å². The fourth-order valence-electron chi connectivity index (χ4n) is 5.36. The highest BCUT2D eigenvalue weighted by atomic mass is 19.4. The van der Waals surface area contributed by atoms with Crippen LogP contribution >= 0.6 is 0 Å². The Kier molecular flexibility index (Phi) is 9.92. The Labute approximate surface area is 271 Å². The number of anilines is 1. The first-order valence-electron chi connectivity index (χ1n) is 15.4. The highest BCUT2D eigenvalue weighted by Gasteiger charge is 2.33. The van der Waals surface area contributed by atoms with E-state index in [4.69, 9.17) is 19.9 Å². The number of ether oxygens (including phenoxy) is 3. The minimum Gasteiger partial charge on any atom is -0.487 e. The minimum absolute atomic E-state index is 0.0341. The van der Waals surface area contributed by atoms with E-state index in [1.807, 2.05) is 50.0 Å². The van der Waals surface area contributed by atoms with Gasteiger partial charge in [-0.15, -0.1) is 10.2 Å². The van der Waals surface area contributed by atoms with Crippen molar-refractivity contribution < 1.29 is 37.0 Å². The molecule has 3 aromatic rings. The predicted molar refractivity (Wildman–Crippen MR) is 168 cm³/mol. The molecule has 250 valence electrons. The molecule has 0 bridgehead atoms. The predicted octanol–water partition coefficient (Wildman–Crippen LogP) is 6.69. The molecule has 0 unspecified atom stereocenters. The van der Waals surface area contributed by atoms with Crippen LogP contribution in [0.3, 0.4) is 0 Å². The van der Waals surface area contributed by atoms with E-state index >= 15 is 0 Å². The second-order valence-corrected chi connectivity index (χ2v) is 12.6. The average Bonchev–Trinajstić information content (AvgIpc) is 2.99. The Bertz CT molecular complexity index is 1580. The number of alkyl halides is 3. The van der Waals surface area contributed by atoms with Crippen molar-refractivity contribution >= 4 is 17.7 Å². The molecule has 2 saturated heterocycles. The molecule has 47 heavy (non-hydrogen) atoms. The van der Waals surface area contributed by atoms with Gasteiger partial charge in [-0.05, 0) is 81.5 Å². The fourth-order valence-corrected chi connectivity index (χ4v) is 5.36. The van der Waals surface area contributed by atoms with Crippen LogP contribution in [0.15, 0.2) is 66.7 Å². The first-order valence-corrected chi connectivity index (χ1v) is 15.4. The Balaban J connectivity index is 1.05. The Hall–Kier alpha value is -4.81. The number of nitrogen functional groups attached to an aromatic ring is 1. The summed E-state index contributed by atoms with van der Waals surface area (Å²) in [6, 6.07) is 14.3. The van der Waals surface area contributed by atoms with Crippen molar-refractivity contribution in [3.8, 4) is 17.4 Å². The van der Waals surface area contributed by atoms with Gasteiger partial charge in [0, 0.05) is 43.7 Å². The van der Waals surface area contributed by atoms with Crippen LogP contribution in [-0.2, 0) is 10.9 Å². The number of aromatic nitrogens is 2. The number of hydrogen-bond acceptors (Lipinski definition) is 8. The van der Waals surface area contributed by atoms with E-state index in [0.717, 1.165) is 30.5 Å². The molecule has 2 N–H and O–H groups in total. The number of rotatable bonds is 8. The number of carbonyl (C=O) groups is 2. The second-order valence-electron chi connectivity index (χ2n) is 12.6. The molecule has 0 saturated carbocycles. The van der Waals surface area contributed by atoms with Gasteiger partial charge in [-0.3, -0.25) is 4.79 Å². The number of hydrogen-bond donors (Lipinski definition) is 1. The van der Waals surface area contributed by atoms with Gasteiger partial charge in [-0.2, -0.15) is 13.2 Å². The van der Waals surface area contributed by atoms with Crippen LogP contribution in [-0.4, -0.2) is 70.4 Å². The van der Waals surface area contributed by atoms with Crippen LogP contribution in [0.25, 0.3) is 0 Å². The van der Waals surface area contributed by atoms with Crippen molar-refractivity contribution in [3.05, 3.63) is 83.6 Å². The van der Waals surface area contributed by atoms with Crippen molar-refractivity contribution in [1.82, 2.24) is 20.0 Å². The van der Waals surface area contributed by atoms with Crippen LogP contribution < -0.4 is 15.2 Å². The number of benzene rings is 2. The van der Waals surface area contributed by atoms with Gasteiger partial charge >= 0.3 is 12.3 Å². The number of halogens is 3. The largest absolute Gasteiger partial charge is 0.487 e. The summed E-state index contributed by atoms with van der Waals surface area (Å²) < 4.78 is 54.8. The lowest BCUT2D eigenvalue weighted by atomic mass is 9.89. The van der Waals surface area contributed by atoms with E-state index in [2.05, 4.69) is 10.2 Å². The third kappa shape index (κ3) is 8.93. The van der Waals surface area contributed by atoms with Crippen molar-refractivity contribution in [3.63, 3.8) is 0 Å². The SMILES string of the molecule is CC(C)(C)OC(=O)N1CC(/C=C/COc2ccc(C(=O)N3CCC(c4ccc(Oc5ccc(C(F)(F)F)nn5)cc4)CC3)cc2N)C1. The lowest BCUT2D eigenvalue weighted by Crippen LogP contribution is -2.50. The summed E-state index contributed by atoms with van der Waals surface area (Å²) >= 11 is 0. The summed E-state index contributed by atoms with van der Waals surface area (Å²) in [5.74, 6) is 1.29. The Morgan fingerprint density at radius 3 is 2.26 bits per heavy atom. The molecule has 10 nitrogen and oxygen atoms in total. The number of nitrogens with two attached hydrogens (primary N) is 1. The van der Waals surface area contributed by atoms with Crippen LogP contribution in [0.1, 0.15) is 61.1 Å². The Morgan fingerprint density at radius 2 is 1.66 bits per heavy atom. The molecule has 0 aliphatic carbocycles. The quantitative estimate of drug-likeness (QED) is 0.211. The van der Waals surface area contributed by atoms with Gasteiger partial charge in [0.15, 0.2) is 5.69 Å². The highest BCUT2D eigenvalue weighted by Crippen LogP contribution is 2.32. The maximum atomic E-state index is 13.2. The first-order chi connectivity index (χ1) is 22.2. The summed E-state index contributed by atoms with van der Waals surface area (Å²) in [4.78, 5) is 28.8. The molecule has 2 fully saturated rings. The molecule has 2 aromatic carbocycles. The van der Waals surface area contributed by atoms with Gasteiger partial charge in [-0.25, -0.2) is 4.79 Å². The number of piperidine rings is 1. The van der Waals surface area contributed by atoms with E-state index < -0.39 is 17.5 Å². The molecule has 0 spiro atoms. The maximum Gasteiger partial charge on any atom is 0.435 e. The summed E-state index contributed by atoms with van der Waals surface area (Å²) in [6.45, 7) is 8.21. The third-order valence-corrected chi connectivity index (χ3v) is 7.85. The van der Waals surface area contributed by atoms with Crippen LogP contribution in [0.5, 0.6) is 17.4 Å². The number of likely N-dealkylation sites (tertiary alicyclic amines) is 2. The number of carbonyl (C=O) groups excluding carboxylic acids is 2. The molecule has 13 heteroatoms. The Morgan fingerprint density at radius 1 is 0.957 bits per heavy atom. The summed E-state index contributed by atoms with van der Waals surface area (Å²) in [7, 11) is 0. The van der Waals surface area contributed by atoms with Gasteiger partial charge in [0.25, 0.3) is 5.91 Å². The lowest BCUT2D eigenvalue weighted by molar-refractivity contribution is -0.141. The summed E-state index contributed by atoms with van der Waals surface area (Å²) in [6.07, 6.45) is 0.590. The molecule has 1 aromatic heterocycles. The van der Waals surface area contributed by atoms with E-state index in [0.29, 0.717) is 55.5 Å². The number of amides is 2. The van der Waals surface area contributed by atoms with Gasteiger partial charge in [0.1, 0.15) is 23.7 Å². The molecule has 0 atom stereocenters. The smallest absolute Gasteiger partial charge is 0.435 e. The van der Waals surface area contributed by atoms with E-state index in [1.54, 1.807) is 35.2 Å². The maximum absolute atomic E-state index is 13.2. The zero-order valence-electron chi connectivity index (χ0n) is 26.5. The van der Waals surface area contributed by atoms with E-state index in [-0.39, 0.29) is 29.7 Å². The monoisotopic (exact) mass is 653 g/mol. The lowest BCUT2D eigenvalue weighted by Gasteiger charge is -2.38. The van der Waals surface area contributed by atoms with Crippen LogP contribution in [0.2, 0.25) is 0 Å². The van der Waals surface area contributed by atoms with Gasteiger partial charge in [0.05, 0.1) is 5.69 Å². The van der Waals surface area contributed by atoms with Gasteiger partial charge in [0.2, 0.25) is 5.88 Å². The zero-order valence-corrected chi connectivity index (χ0v) is 26.5. The minimum atomic E-state index is -4.56. The van der Waals surface area contributed by atoms with E-state index in [1.165, 1.54) is 0 Å². The molecular weight excluding hydrogens is 615 g/mol.